The van der Waals surface area contributed by atoms with Gasteiger partial charge in [-0.25, -0.2) is 0 Å². The van der Waals surface area contributed by atoms with Crippen LogP contribution >= 0.6 is 0 Å². The highest BCUT2D eigenvalue weighted by atomic mass is 16.3. The molecular formula is C9H18O2. The van der Waals surface area contributed by atoms with Crippen molar-refractivity contribution in [3.05, 3.63) is 0 Å². The zero-order valence-corrected chi connectivity index (χ0v) is 7.00. The molecule has 2 N–H and O–H groups in total. The quantitative estimate of drug-likeness (QED) is 0.650. The van der Waals surface area contributed by atoms with Gasteiger partial charge in [-0.05, 0) is 31.6 Å². The molecule has 0 heterocycles. The fraction of sp³-hybridized carbons (Fsp3) is 1.00. The molecule has 0 radical (unpaired) electrons. The Labute approximate surface area is 68.2 Å². The molecule has 0 unspecified atom stereocenters. The summed E-state index contributed by atoms with van der Waals surface area (Å²) in [6.45, 7) is 0.267. The number of aliphatic hydroxyl groups is 2. The predicted molar refractivity (Wildman–Crippen MR) is 44.3 cm³/mol. The summed E-state index contributed by atoms with van der Waals surface area (Å²) in [5.41, 5.74) is 0. The summed E-state index contributed by atoms with van der Waals surface area (Å²) >= 11 is 0. The molecule has 0 aromatic carbocycles. The first kappa shape index (κ1) is 9.01. The zero-order chi connectivity index (χ0) is 8.10. The average Bonchev–Trinajstić information content (AvgIpc) is 2.03. The Kier molecular flexibility index (Phi) is 3.87. The maximum atomic E-state index is 9.51. The van der Waals surface area contributed by atoms with Gasteiger partial charge in [0.05, 0.1) is 6.10 Å². The van der Waals surface area contributed by atoms with E-state index in [1.54, 1.807) is 0 Å². The molecular weight excluding hydrogens is 140 g/mol. The molecule has 66 valence electrons. The molecule has 1 saturated carbocycles. The highest BCUT2D eigenvalue weighted by molar-refractivity contribution is 4.73. The van der Waals surface area contributed by atoms with Crippen molar-refractivity contribution in [2.75, 3.05) is 6.61 Å². The van der Waals surface area contributed by atoms with Gasteiger partial charge in [-0.1, -0.05) is 12.8 Å². The van der Waals surface area contributed by atoms with Crippen LogP contribution in [-0.4, -0.2) is 22.9 Å². The Morgan fingerprint density at radius 2 is 1.91 bits per heavy atom. The van der Waals surface area contributed by atoms with Crippen molar-refractivity contribution < 1.29 is 10.2 Å². The lowest BCUT2D eigenvalue weighted by atomic mass is 9.84. The molecule has 2 atom stereocenters. The van der Waals surface area contributed by atoms with Crippen molar-refractivity contribution in [2.24, 2.45) is 5.92 Å². The summed E-state index contributed by atoms with van der Waals surface area (Å²) in [6.07, 6.45) is 6.32. The first-order chi connectivity index (χ1) is 5.34. The third-order valence-electron chi connectivity index (χ3n) is 2.60. The lowest BCUT2D eigenvalue weighted by molar-refractivity contribution is 0.0614. The van der Waals surface area contributed by atoms with Gasteiger partial charge in [0.25, 0.3) is 0 Å². The maximum absolute atomic E-state index is 9.51. The van der Waals surface area contributed by atoms with Crippen LogP contribution < -0.4 is 0 Å². The second-order valence-corrected chi connectivity index (χ2v) is 3.48. The van der Waals surface area contributed by atoms with Crippen LogP contribution in [0.2, 0.25) is 0 Å². The summed E-state index contributed by atoms with van der Waals surface area (Å²) < 4.78 is 0. The van der Waals surface area contributed by atoms with Crippen LogP contribution in [0.1, 0.15) is 38.5 Å². The molecule has 0 aromatic heterocycles. The highest BCUT2D eigenvalue weighted by Crippen LogP contribution is 2.27. The van der Waals surface area contributed by atoms with Gasteiger partial charge in [-0.2, -0.15) is 0 Å². The van der Waals surface area contributed by atoms with Gasteiger partial charge < -0.3 is 10.2 Å². The van der Waals surface area contributed by atoms with Crippen LogP contribution in [-0.2, 0) is 0 Å². The van der Waals surface area contributed by atoms with Crippen LogP contribution in [0.25, 0.3) is 0 Å². The van der Waals surface area contributed by atoms with Crippen LogP contribution in [0.5, 0.6) is 0 Å². The first-order valence-corrected chi connectivity index (χ1v) is 4.63. The van der Waals surface area contributed by atoms with E-state index in [0.29, 0.717) is 5.92 Å². The monoisotopic (exact) mass is 158 g/mol. The second kappa shape index (κ2) is 4.73. The molecule has 1 fully saturated rings. The van der Waals surface area contributed by atoms with Gasteiger partial charge in [0, 0.05) is 6.61 Å². The van der Waals surface area contributed by atoms with Gasteiger partial charge in [0.15, 0.2) is 0 Å². The number of rotatable bonds is 3. The largest absolute Gasteiger partial charge is 0.396 e. The van der Waals surface area contributed by atoms with E-state index in [1.807, 2.05) is 0 Å². The molecule has 11 heavy (non-hydrogen) atoms. The molecule has 2 heteroatoms. The Morgan fingerprint density at radius 1 is 1.18 bits per heavy atom. The standard InChI is InChI=1S/C9H18O2/c10-7-3-5-8-4-1-2-6-9(8)11/h8-11H,1-7H2/t8-,9-/m1/s1. The highest BCUT2D eigenvalue weighted by Gasteiger charge is 2.21. The topological polar surface area (TPSA) is 40.5 Å². The van der Waals surface area contributed by atoms with Gasteiger partial charge in [-0.15, -0.1) is 0 Å². The van der Waals surface area contributed by atoms with E-state index < -0.39 is 0 Å². The molecule has 0 spiro atoms. The number of hydrogen-bond donors (Lipinski definition) is 2. The smallest absolute Gasteiger partial charge is 0.0568 e. The van der Waals surface area contributed by atoms with Crippen LogP contribution in [0.3, 0.4) is 0 Å². The summed E-state index contributed by atoms with van der Waals surface area (Å²) in [6, 6.07) is 0. The first-order valence-electron chi connectivity index (χ1n) is 4.63. The summed E-state index contributed by atoms with van der Waals surface area (Å²) in [7, 11) is 0. The van der Waals surface area contributed by atoms with Crippen LogP contribution in [0.4, 0.5) is 0 Å². The Bertz CT molecular complexity index is 104. The summed E-state index contributed by atoms with van der Waals surface area (Å²) in [4.78, 5) is 0. The van der Waals surface area contributed by atoms with E-state index in [9.17, 15) is 5.11 Å². The average molecular weight is 158 g/mol. The Hall–Kier alpha value is -0.0800. The van der Waals surface area contributed by atoms with Crippen LogP contribution in [0, 0.1) is 5.92 Å². The zero-order valence-electron chi connectivity index (χ0n) is 7.00. The Balaban J connectivity index is 2.18. The van der Waals surface area contributed by atoms with E-state index in [2.05, 4.69) is 0 Å². The Morgan fingerprint density at radius 3 is 2.55 bits per heavy atom. The molecule has 0 amide bonds. The summed E-state index contributed by atoms with van der Waals surface area (Å²) in [5, 5.41) is 18.1. The normalized spacial score (nSPS) is 32.2. The lowest BCUT2D eigenvalue weighted by Crippen LogP contribution is -2.24. The SMILES string of the molecule is OCCC[C@H]1CCCC[C@H]1O. The van der Waals surface area contributed by atoms with Gasteiger partial charge in [-0.3, -0.25) is 0 Å². The molecule has 1 rings (SSSR count). The lowest BCUT2D eigenvalue weighted by Gasteiger charge is -2.27. The molecule has 0 saturated heterocycles. The van der Waals surface area contributed by atoms with Crippen molar-refractivity contribution in [1.82, 2.24) is 0 Å². The van der Waals surface area contributed by atoms with Crippen LogP contribution in [0.15, 0.2) is 0 Å². The van der Waals surface area contributed by atoms with Gasteiger partial charge >= 0.3 is 0 Å². The van der Waals surface area contributed by atoms with Crippen molar-refractivity contribution in [1.29, 1.82) is 0 Å². The third-order valence-corrected chi connectivity index (χ3v) is 2.60. The van der Waals surface area contributed by atoms with E-state index in [4.69, 9.17) is 5.11 Å². The van der Waals surface area contributed by atoms with Crippen molar-refractivity contribution >= 4 is 0 Å². The predicted octanol–water partition coefficient (Wildman–Crippen LogP) is 1.31. The third kappa shape index (κ3) is 2.80. The van der Waals surface area contributed by atoms with E-state index in [1.165, 1.54) is 12.8 Å². The minimum Gasteiger partial charge on any atom is -0.396 e. The molecule has 1 aliphatic rings. The molecule has 0 bridgehead atoms. The second-order valence-electron chi connectivity index (χ2n) is 3.48. The van der Waals surface area contributed by atoms with Crippen molar-refractivity contribution in [3.8, 4) is 0 Å². The van der Waals surface area contributed by atoms with Gasteiger partial charge in [0.2, 0.25) is 0 Å². The molecule has 1 aliphatic carbocycles. The molecule has 2 nitrogen and oxygen atoms in total. The minimum absolute atomic E-state index is 0.0877. The number of aliphatic hydroxyl groups excluding tert-OH is 2. The van der Waals surface area contributed by atoms with Crippen molar-refractivity contribution in [3.63, 3.8) is 0 Å². The van der Waals surface area contributed by atoms with Crippen molar-refractivity contribution in [2.45, 2.75) is 44.6 Å². The van der Waals surface area contributed by atoms with E-state index >= 15 is 0 Å². The van der Waals surface area contributed by atoms with E-state index in [0.717, 1.165) is 25.7 Å². The fourth-order valence-electron chi connectivity index (χ4n) is 1.88. The molecule has 0 aliphatic heterocycles. The maximum Gasteiger partial charge on any atom is 0.0568 e. The minimum atomic E-state index is -0.0877. The summed E-state index contributed by atoms with van der Waals surface area (Å²) in [5.74, 6) is 0.468. The molecule has 0 aromatic rings. The van der Waals surface area contributed by atoms with Gasteiger partial charge in [0.1, 0.15) is 0 Å². The fourth-order valence-corrected chi connectivity index (χ4v) is 1.88. The van der Waals surface area contributed by atoms with E-state index in [-0.39, 0.29) is 12.7 Å². The number of hydrogen-bond acceptors (Lipinski definition) is 2.